The number of carbonyl (C=O) groups is 2. The van der Waals surface area contributed by atoms with Crippen LogP contribution in [0.4, 0.5) is 0 Å². The maximum atomic E-state index is 12.9. The SMILES string of the molecule is COc1ccccc1C1=CCN(C[C@@H](CCN2C(=O)c3ccccc3C2=O)O[Si](C)(C)C(C)(C)C)CC1. The highest BCUT2D eigenvalue weighted by Crippen LogP contribution is 2.38. The van der Waals surface area contributed by atoms with Crippen LogP contribution in [0.1, 0.15) is 59.9 Å². The molecule has 2 heterocycles. The summed E-state index contributed by atoms with van der Waals surface area (Å²) in [7, 11) is -0.338. The Bertz CT molecular complexity index is 1150. The van der Waals surface area contributed by atoms with Crippen LogP contribution in [0.15, 0.2) is 54.6 Å². The van der Waals surface area contributed by atoms with Crippen molar-refractivity contribution in [3.63, 3.8) is 0 Å². The van der Waals surface area contributed by atoms with Gasteiger partial charge in [-0.15, -0.1) is 0 Å². The van der Waals surface area contributed by atoms with Crippen molar-refractivity contribution in [1.82, 2.24) is 9.80 Å². The zero-order valence-corrected chi connectivity index (χ0v) is 24.0. The monoisotopic (exact) mass is 520 g/mol. The standard InChI is InChI=1S/C30H40N2O4Si/c1-30(2,3)37(5,6)36-23(17-20-32-28(33)25-12-7-8-13-26(25)29(32)34)21-31-18-15-22(16-19-31)24-11-9-10-14-27(24)35-4/h7-15,23H,16-21H2,1-6H3/t23-/m1/s1. The Hall–Kier alpha value is -2.74. The second-order valence-electron chi connectivity index (χ2n) is 11.5. The van der Waals surface area contributed by atoms with Gasteiger partial charge in [-0.2, -0.15) is 0 Å². The first kappa shape index (κ1) is 27.3. The van der Waals surface area contributed by atoms with Crippen molar-refractivity contribution < 1.29 is 18.8 Å². The van der Waals surface area contributed by atoms with Crippen molar-refractivity contribution in [2.75, 3.05) is 33.3 Å². The van der Waals surface area contributed by atoms with Crippen LogP contribution >= 0.6 is 0 Å². The highest BCUT2D eigenvalue weighted by Gasteiger charge is 2.40. The van der Waals surface area contributed by atoms with Crippen molar-refractivity contribution in [2.45, 2.75) is 57.8 Å². The average molecular weight is 521 g/mol. The summed E-state index contributed by atoms with van der Waals surface area (Å²) in [4.78, 5) is 29.7. The molecular weight excluding hydrogens is 480 g/mol. The highest BCUT2D eigenvalue weighted by atomic mass is 28.4. The van der Waals surface area contributed by atoms with Crippen LogP contribution in [0.2, 0.25) is 18.1 Å². The van der Waals surface area contributed by atoms with Crippen LogP contribution in [-0.4, -0.2) is 69.3 Å². The quantitative estimate of drug-likeness (QED) is 0.306. The third kappa shape index (κ3) is 5.89. The number of hydrogen-bond acceptors (Lipinski definition) is 5. The molecule has 7 heteroatoms. The molecule has 0 spiro atoms. The lowest BCUT2D eigenvalue weighted by molar-refractivity contribution is 0.0606. The number of nitrogens with zero attached hydrogens (tertiary/aromatic N) is 2. The van der Waals surface area contributed by atoms with Crippen LogP contribution in [-0.2, 0) is 4.43 Å². The summed E-state index contributed by atoms with van der Waals surface area (Å²) in [6, 6.07) is 15.2. The minimum absolute atomic E-state index is 0.0635. The van der Waals surface area contributed by atoms with Gasteiger partial charge >= 0.3 is 0 Å². The molecule has 0 saturated carbocycles. The number of carbonyl (C=O) groups excluding carboxylic acids is 2. The van der Waals surface area contributed by atoms with Crippen molar-refractivity contribution >= 4 is 25.7 Å². The molecule has 2 amide bonds. The summed E-state index contributed by atoms with van der Waals surface area (Å²) < 4.78 is 12.4. The van der Waals surface area contributed by atoms with E-state index in [1.54, 1.807) is 31.4 Å². The Labute approximate surface area is 222 Å². The second-order valence-corrected chi connectivity index (χ2v) is 16.3. The van der Waals surface area contributed by atoms with Crippen molar-refractivity contribution in [2.24, 2.45) is 0 Å². The van der Waals surface area contributed by atoms with E-state index in [1.165, 1.54) is 10.5 Å². The Kier molecular flexibility index (Phi) is 8.07. The molecule has 0 N–H and O–H groups in total. The molecule has 0 aromatic heterocycles. The fraction of sp³-hybridized carbons (Fsp3) is 0.467. The van der Waals surface area contributed by atoms with E-state index in [-0.39, 0.29) is 23.0 Å². The van der Waals surface area contributed by atoms with Gasteiger partial charge in [0.25, 0.3) is 11.8 Å². The van der Waals surface area contributed by atoms with Crippen LogP contribution in [0.3, 0.4) is 0 Å². The zero-order chi connectivity index (χ0) is 26.8. The van der Waals surface area contributed by atoms with Gasteiger partial charge in [0.1, 0.15) is 5.75 Å². The largest absolute Gasteiger partial charge is 0.496 e. The lowest BCUT2D eigenvalue weighted by atomic mass is 9.98. The molecule has 2 aliphatic rings. The molecule has 0 unspecified atom stereocenters. The zero-order valence-electron chi connectivity index (χ0n) is 23.0. The maximum absolute atomic E-state index is 12.9. The van der Waals surface area contributed by atoms with Crippen molar-refractivity contribution in [3.05, 3.63) is 71.3 Å². The van der Waals surface area contributed by atoms with Gasteiger partial charge < -0.3 is 9.16 Å². The van der Waals surface area contributed by atoms with Crippen LogP contribution in [0.5, 0.6) is 5.75 Å². The molecule has 37 heavy (non-hydrogen) atoms. The maximum Gasteiger partial charge on any atom is 0.261 e. The van der Waals surface area contributed by atoms with Gasteiger partial charge in [-0.05, 0) is 54.7 Å². The number of rotatable bonds is 9. The predicted octanol–water partition coefficient (Wildman–Crippen LogP) is 5.86. The van der Waals surface area contributed by atoms with Gasteiger partial charge in [0, 0.05) is 31.7 Å². The first-order valence-corrected chi connectivity index (χ1v) is 16.1. The topological polar surface area (TPSA) is 59.1 Å². The molecule has 198 valence electrons. The van der Waals surface area contributed by atoms with Crippen molar-refractivity contribution in [1.29, 1.82) is 0 Å². The molecule has 6 nitrogen and oxygen atoms in total. The molecule has 2 aliphatic heterocycles. The van der Waals surface area contributed by atoms with E-state index in [4.69, 9.17) is 9.16 Å². The molecule has 0 radical (unpaired) electrons. The fourth-order valence-electron chi connectivity index (χ4n) is 4.82. The average Bonchev–Trinajstić information content (AvgIpc) is 3.11. The molecule has 0 bridgehead atoms. The van der Waals surface area contributed by atoms with E-state index in [9.17, 15) is 9.59 Å². The Morgan fingerprint density at radius 3 is 2.08 bits per heavy atom. The number of ether oxygens (including phenoxy) is 1. The molecule has 2 aromatic rings. The molecule has 0 fully saturated rings. The lowest BCUT2D eigenvalue weighted by Gasteiger charge is -2.41. The van der Waals surface area contributed by atoms with Gasteiger partial charge in [-0.3, -0.25) is 19.4 Å². The second kappa shape index (κ2) is 10.9. The van der Waals surface area contributed by atoms with E-state index in [1.807, 2.05) is 18.2 Å². The molecule has 0 aliphatic carbocycles. The van der Waals surface area contributed by atoms with Crippen molar-refractivity contribution in [3.8, 4) is 5.75 Å². The normalized spacial score (nSPS) is 17.6. The van der Waals surface area contributed by atoms with E-state index in [2.05, 4.69) is 50.9 Å². The van der Waals surface area contributed by atoms with Gasteiger partial charge in [0.2, 0.25) is 0 Å². The van der Waals surface area contributed by atoms with Crippen LogP contribution in [0, 0.1) is 0 Å². The summed E-state index contributed by atoms with van der Waals surface area (Å²) in [6.45, 7) is 14.1. The van der Waals surface area contributed by atoms with E-state index in [0.717, 1.165) is 37.4 Å². The van der Waals surface area contributed by atoms with Gasteiger partial charge in [-0.1, -0.05) is 57.2 Å². The molecule has 1 atom stereocenters. The highest BCUT2D eigenvalue weighted by molar-refractivity contribution is 6.74. The number of amides is 2. The minimum Gasteiger partial charge on any atom is -0.496 e. The van der Waals surface area contributed by atoms with Gasteiger partial charge in [0.05, 0.1) is 24.3 Å². The number of hydrogen-bond donors (Lipinski definition) is 0. The summed E-state index contributed by atoms with van der Waals surface area (Å²) in [6.07, 6.45) is 3.78. The van der Waals surface area contributed by atoms with E-state index >= 15 is 0 Å². The molecule has 4 rings (SSSR count). The first-order valence-electron chi connectivity index (χ1n) is 13.2. The Balaban J connectivity index is 1.46. The first-order chi connectivity index (χ1) is 17.5. The van der Waals surface area contributed by atoms with Gasteiger partial charge in [-0.25, -0.2) is 0 Å². The number of fused-ring (bicyclic) bond motifs is 1. The lowest BCUT2D eigenvalue weighted by Crippen LogP contribution is -2.48. The van der Waals surface area contributed by atoms with Gasteiger partial charge in [0.15, 0.2) is 8.32 Å². The Morgan fingerprint density at radius 2 is 1.54 bits per heavy atom. The fourth-order valence-corrected chi connectivity index (χ4v) is 6.20. The number of methoxy groups -OCH3 is 1. The minimum atomic E-state index is -2.05. The number of imide groups is 1. The molecular formula is C30H40N2O4Si. The third-order valence-corrected chi connectivity index (χ3v) is 12.6. The van der Waals surface area contributed by atoms with Crippen LogP contribution < -0.4 is 4.74 Å². The summed E-state index contributed by atoms with van der Waals surface area (Å²) >= 11 is 0. The summed E-state index contributed by atoms with van der Waals surface area (Å²) in [5, 5.41) is 0.0691. The Morgan fingerprint density at radius 1 is 0.946 bits per heavy atom. The predicted molar refractivity (Wildman–Crippen MR) is 151 cm³/mol. The number of para-hydroxylation sites is 1. The van der Waals surface area contributed by atoms with E-state index < -0.39 is 8.32 Å². The smallest absolute Gasteiger partial charge is 0.261 e. The molecule has 2 aromatic carbocycles. The third-order valence-electron chi connectivity index (χ3n) is 8.03. The number of benzene rings is 2. The summed E-state index contributed by atoms with van der Waals surface area (Å²) in [5.41, 5.74) is 3.46. The van der Waals surface area contributed by atoms with E-state index in [0.29, 0.717) is 24.1 Å². The summed E-state index contributed by atoms with van der Waals surface area (Å²) in [5.74, 6) is 0.505. The van der Waals surface area contributed by atoms with Crippen LogP contribution in [0.25, 0.3) is 5.57 Å². The molecule has 0 saturated heterocycles.